The number of carbonyl (C=O) groups excluding carboxylic acids is 2. The summed E-state index contributed by atoms with van der Waals surface area (Å²) in [5, 5.41) is 2.94. The lowest BCUT2D eigenvalue weighted by Gasteiger charge is -2.30. The second kappa shape index (κ2) is 8.34. The van der Waals surface area contributed by atoms with Crippen LogP contribution in [0.15, 0.2) is 0 Å². The van der Waals surface area contributed by atoms with Gasteiger partial charge in [0.1, 0.15) is 0 Å². The number of amides is 2. The zero-order chi connectivity index (χ0) is 15.1. The van der Waals surface area contributed by atoms with Gasteiger partial charge in [-0.05, 0) is 12.8 Å². The number of morpholine rings is 1. The van der Waals surface area contributed by atoms with E-state index >= 15 is 0 Å². The van der Waals surface area contributed by atoms with Crippen molar-refractivity contribution in [1.29, 1.82) is 0 Å². The Hall–Kier alpha value is -1.14. The van der Waals surface area contributed by atoms with Crippen LogP contribution in [0.5, 0.6) is 0 Å². The molecule has 2 aliphatic rings. The van der Waals surface area contributed by atoms with E-state index in [1.54, 1.807) is 6.92 Å². The van der Waals surface area contributed by atoms with Crippen molar-refractivity contribution in [3.63, 3.8) is 0 Å². The Morgan fingerprint density at radius 3 is 2.52 bits per heavy atom. The summed E-state index contributed by atoms with van der Waals surface area (Å²) in [6, 6.07) is 0. The van der Waals surface area contributed by atoms with Crippen LogP contribution in [0.25, 0.3) is 0 Å². The van der Waals surface area contributed by atoms with E-state index in [0.717, 1.165) is 52.1 Å². The van der Waals surface area contributed by atoms with E-state index in [-0.39, 0.29) is 17.7 Å². The Morgan fingerprint density at radius 2 is 1.95 bits per heavy atom. The summed E-state index contributed by atoms with van der Waals surface area (Å²) in [4.78, 5) is 27.5. The Morgan fingerprint density at radius 1 is 1.24 bits per heavy atom. The molecule has 0 bridgehead atoms. The highest BCUT2D eigenvalue weighted by Gasteiger charge is 2.24. The molecule has 1 N–H and O–H groups in total. The van der Waals surface area contributed by atoms with Crippen molar-refractivity contribution in [3.05, 3.63) is 0 Å². The lowest BCUT2D eigenvalue weighted by molar-refractivity contribution is -0.131. The topological polar surface area (TPSA) is 61.9 Å². The van der Waals surface area contributed by atoms with Gasteiger partial charge in [0.25, 0.3) is 0 Å². The summed E-state index contributed by atoms with van der Waals surface area (Å²) in [5.74, 6) is 0.434. The third-order valence-electron chi connectivity index (χ3n) is 4.39. The van der Waals surface area contributed by atoms with Gasteiger partial charge in [-0.3, -0.25) is 14.5 Å². The zero-order valence-corrected chi connectivity index (χ0v) is 13.0. The van der Waals surface area contributed by atoms with E-state index < -0.39 is 0 Å². The van der Waals surface area contributed by atoms with Crippen molar-refractivity contribution >= 4 is 11.8 Å². The average molecular weight is 297 g/mol. The van der Waals surface area contributed by atoms with Crippen LogP contribution in [0.4, 0.5) is 0 Å². The highest BCUT2D eigenvalue weighted by atomic mass is 16.5. The van der Waals surface area contributed by atoms with Crippen molar-refractivity contribution in [2.75, 3.05) is 52.5 Å². The smallest absolute Gasteiger partial charge is 0.223 e. The average Bonchev–Trinajstić information content (AvgIpc) is 2.41. The summed E-state index contributed by atoms with van der Waals surface area (Å²) in [5.41, 5.74) is 0. The summed E-state index contributed by atoms with van der Waals surface area (Å²) in [6.45, 7) is 7.75. The molecule has 1 heterocycles. The fraction of sp³-hybridized carbons (Fsp3) is 0.867. The molecule has 1 saturated heterocycles. The van der Waals surface area contributed by atoms with Gasteiger partial charge in [-0.25, -0.2) is 0 Å². The molecule has 0 aromatic rings. The van der Waals surface area contributed by atoms with Crippen molar-refractivity contribution < 1.29 is 14.3 Å². The number of ether oxygens (including phenoxy) is 1. The molecule has 2 rings (SSSR count). The van der Waals surface area contributed by atoms with E-state index in [1.807, 2.05) is 4.90 Å². The molecular weight excluding hydrogens is 270 g/mol. The maximum absolute atomic E-state index is 11.7. The van der Waals surface area contributed by atoms with Crippen LogP contribution in [-0.4, -0.2) is 74.1 Å². The minimum Gasteiger partial charge on any atom is -0.379 e. The molecular formula is C15H27N3O3. The highest BCUT2D eigenvalue weighted by molar-refractivity contribution is 5.79. The molecule has 1 aliphatic carbocycles. The molecule has 21 heavy (non-hydrogen) atoms. The summed E-state index contributed by atoms with van der Waals surface area (Å²) >= 11 is 0. The molecule has 2 amide bonds. The predicted octanol–water partition coefficient (Wildman–Crippen LogP) is 0.0834. The van der Waals surface area contributed by atoms with Gasteiger partial charge in [0.15, 0.2) is 0 Å². The quantitative estimate of drug-likeness (QED) is 0.723. The minimum absolute atomic E-state index is 0.0705. The monoisotopic (exact) mass is 297 g/mol. The Kier molecular flexibility index (Phi) is 6.45. The van der Waals surface area contributed by atoms with Crippen LogP contribution in [0.1, 0.15) is 26.2 Å². The van der Waals surface area contributed by atoms with Crippen LogP contribution < -0.4 is 5.32 Å². The third kappa shape index (κ3) is 5.28. The van der Waals surface area contributed by atoms with Crippen molar-refractivity contribution in [2.45, 2.75) is 26.2 Å². The normalized spacial score (nSPS) is 19.9. The molecule has 0 unspecified atom stereocenters. The molecule has 120 valence electrons. The number of nitrogens with one attached hydrogen (secondary N) is 1. The number of carbonyl (C=O) groups is 2. The van der Waals surface area contributed by atoms with E-state index in [2.05, 4.69) is 10.2 Å². The molecule has 0 spiro atoms. The molecule has 0 radical (unpaired) electrons. The first-order valence-electron chi connectivity index (χ1n) is 8.00. The third-order valence-corrected chi connectivity index (χ3v) is 4.39. The number of hydrogen-bond donors (Lipinski definition) is 1. The largest absolute Gasteiger partial charge is 0.379 e. The Bertz CT molecular complexity index is 352. The summed E-state index contributed by atoms with van der Waals surface area (Å²) < 4.78 is 5.31. The van der Waals surface area contributed by atoms with Crippen LogP contribution >= 0.6 is 0 Å². The molecule has 1 aliphatic heterocycles. The van der Waals surface area contributed by atoms with Gasteiger partial charge in [-0.1, -0.05) is 6.42 Å². The van der Waals surface area contributed by atoms with Crippen LogP contribution in [0.2, 0.25) is 0 Å². The van der Waals surface area contributed by atoms with E-state index in [9.17, 15) is 9.59 Å². The van der Waals surface area contributed by atoms with Gasteiger partial charge in [0, 0.05) is 52.1 Å². The standard InChI is InChI=1S/C15H27N3O3/c1-13(19)18(8-7-17-9-11-21-12-10-17)6-5-16-15(20)14-3-2-4-14/h14H,2-12H2,1H3,(H,16,20). The summed E-state index contributed by atoms with van der Waals surface area (Å²) in [6.07, 6.45) is 3.19. The van der Waals surface area contributed by atoms with Crippen LogP contribution in [0.3, 0.4) is 0 Å². The number of rotatable bonds is 7. The summed E-state index contributed by atoms with van der Waals surface area (Å²) in [7, 11) is 0. The first-order valence-corrected chi connectivity index (χ1v) is 8.00. The molecule has 6 nitrogen and oxygen atoms in total. The second-order valence-corrected chi connectivity index (χ2v) is 5.88. The van der Waals surface area contributed by atoms with E-state index in [0.29, 0.717) is 19.6 Å². The van der Waals surface area contributed by atoms with Gasteiger partial charge < -0.3 is 15.0 Å². The first kappa shape index (κ1) is 16.2. The highest BCUT2D eigenvalue weighted by Crippen LogP contribution is 2.25. The van der Waals surface area contributed by atoms with Gasteiger partial charge in [-0.2, -0.15) is 0 Å². The van der Waals surface area contributed by atoms with Gasteiger partial charge >= 0.3 is 0 Å². The van der Waals surface area contributed by atoms with Crippen molar-refractivity contribution in [2.24, 2.45) is 5.92 Å². The molecule has 1 saturated carbocycles. The number of hydrogen-bond acceptors (Lipinski definition) is 4. The molecule has 0 atom stereocenters. The molecule has 2 fully saturated rings. The van der Waals surface area contributed by atoms with Gasteiger partial charge in [0.05, 0.1) is 13.2 Å². The molecule has 6 heteroatoms. The van der Waals surface area contributed by atoms with Crippen molar-refractivity contribution in [3.8, 4) is 0 Å². The zero-order valence-electron chi connectivity index (χ0n) is 13.0. The fourth-order valence-electron chi connectivity index (χ4n) is 2.64. The lowest BCUT2D eigenvalue weighted by atomic mass is 9.85. The van der Waals surface area contributed by atoms with E-state index in [1.165, 1.54) is 0 Å². The molecule has 0 aromatic carbocycles. The van der Waals surface area contributed by atoms with Gasteiger partial charge in [-0.15, -0.1) is 0 Å². The van der Waals surface area contributed by atoms with Gasteiger partial charge in [0.2, 0.25) is 11.8 Å². The maximum atomic E-state index is 11.7. The Balaban J connectivity index is 1.63. The lowest BCUT2D eigenvalue weighted by Crippen LogP contribution is -2.45. The predicted molar refractivity (Wildman–Crippen MR) is 79.9 cm³/mol. The number of nitrogens with zero attached hydrogens (tertiary/aromatic N) is 2. The van der Waals surface area contributed by atoms with Crippen LogP contribution in [-0.2, 0) is 14.3 Å². The maximum Gasteiger partial charge on any atom is 0.223 e. The first-order chi connectivity index (χ1) is 10.2. The second-order valence-electron chi connectivity index (χ2n) is 5.88. The minimum atomic E-state index is 0.0705. The SMILES string of the molecule is CC(=O)N(CCNC(=O)C1CCC1)CCN1CCOCC1. The Labute approximate surface area is 126 Å². The molecule has 0 aromatic heterocycles. The van der Waals surface area contributed by atoms with Crippen molar-refractivity contribution in [1.82, 2.24) is 15.1 Å². The van der Waals surface area contributed by atoms with E-state index in [4.69, 9.17) is 4.74 Å². The fourth-order valence-corrected chi connectivity index (χ4v) is 2.64. The van der Waals surface area contributed by atoms with Crippen LogP contribution in [0, 0.1) is 5.92 Å².